The van der Waals surface area contributed by atoms with Crippen molar-refractivity contribution in [1.29, 1.82) is 0 Å². The Bertz CT molecular complexity index is 1040. The predicted molar refractivity (Wildman–Crippen MR) is 115 cm³/mol. The molecule has 3 heterocycles. The first-order chi connectivity index (χ1) is 14.4. The molecule has 1 saturated heterocycles. The van der Waals surface area contributed by atoms with Crippen molar-refractivity contribution in [1.82, 2.24) is 20.4 Å². The van der Waals surface area contributed by atoms with Gasteiger partial charge < -0.3 is 14.7 Å². The van der Waals surface area contributed by atoms with Gasteiger partial charge in [0.25, 0.3) is 0 Å². The highest BCUT2D eigenvalue weighted by atomic mass is 32.1. The summed E-state index contributed by atoms with van der Waals surface area (Å²) in [6.45, 7) is 7.17. The van der Waals surface area contributed by atoms with Crippen molar-refractivity contribution >= 4 is 17.4 Å². The molecule has 158 valence electrons. The Hall–Kier alpha value is -2.74. The van der Waals surface area contributed by atoms with Crippen molar-refractivity contribution in [3.05, 3.63) is 46.2 Å². The van der Waals surface area contributed by atoms with Gasteiger partial charge in [0, 0.05) is 36.0 Å². The minimum absolute atomic E-state index is 0.00194. The fraction of sp³-hybridized carbons (Fsp3) is 0.409. The summed E-state index contributed by atoms with van der Waals surface area (Å²) in [7, 11) is 0. The standard InChI is InChI=1S/C22H25FN4O2S/c1-13(2)24-22(28)27-10-8-15(9-11-27)21-25-18(12-30-21)19-14(3)29-26-20(19)16-6-4-5-7-17(16)23/h4-7,12-13,15H,8-11H2,1-3H3,(H,24,28). The van der Waals surface area contributed by atoms with Crippen molar-refractivity contribution in [2.45, 2.75) is 45.6 Å². The number of hydrogen-bond acceptors (Lipinski definition) is 5. The number of thiazole rings is 1. The lowest BCUT2D eigenvalue weighted by atomic mass is 9.97. The maximum Gasteiger partial charge on any atom is 0.317 e. The molecule has 0 spiro atoms. The first-order valence-electron chi connectivity index (χ1n) is 10.2. The first kappa shape index (κ1) is 20.5. The zero-order chi connectivity index (χ0) is 21.3. The van der Waals surface area contributed by atoms with Crippen LogP contribution in [-0.2, 0) is 0 Å². The lowest BCUT2D eigenvalue weighted by Gasteiger charge is -2.31. The number of carbonyl (C=O) groups is 1. The third kappa shape index (κ3) is 4.09. The second-order valence-corrected chi connectivity index (χ2v) is 8.77. The maximum absolute atomic E-state index is 14.3. The molecule has 0 saturated carbocycles. The Morgan fingerprint density at radius 2 is 2.03 bits per heavy atom. The number of benzene rings is 1. The Kier molecular flexibility index (Phi) is 5.85. The van der Waals surface area contributed by atoms with Crippen LogP contribution in [0.4, 0.5) is 9.18 Å². The molecule has 0 atom stereocenters. The molecular formula is C22H25FN4O2S. The SMILES string of the molecule is Cc1onc(-c2ccccc2F)c1-c1csc(C2CCN(C(=O)NC(C)C)CC2)n1. The smallest absolute Gasteiger partial charge is 0.317 e. The molecule has 1 fully saturated rings. The maximum atomic E-state index is 14.3. The van der Waals surface area contributed by atoms with Crippen LogP contribution in [0.15, 0.2) is 34.2 Å². The summed E-state index contributed by atoms with van der Waals surface area (Å²) >= 11 is 1.60. The van der Waals surface area contributed by atoms with Gasteiger partial charge in [0.1, 0.15) is 17.3 Å². The van der Waals surface area contributed by atoms with Gasteiger partial charge in [-0.05, 0) is 45.7 Å². The normalized spacial score (nSPS) is 15.0. The van der Waals surface area contributed by atoms with E-state index in [2.05, 4.69) is 10.5 Å². The Balaban J connectivity index is 1.52. The van der Waals surface area contributed by atoms with E-state index in [1.165, 1.54) is 6.07 Å². The number of likely N-dealkylation sites (tertiary alicyclic amines) is 1. The number of rotatable bonds is 4. The fourth-order valence-electron chi connectivity index (χ4n) is 3.77. The average Bonchev–Trinajstić information content (AvgIpc) is 3.34. The van der Waals surface area contributed by atoms with Crippen LogP contribution < -0.4 is 5.32 Å². The van der Waals surface area contributed by atoms with Crippen molar-refractivity contribution in [2.24, 2.45) is 0 Å². The Morgan fingerprint density at radius 3 is 2.73 bits per heavy atom. The third-order valence-electron chi connectivity index (χ3n) is 5.31. The second-order valence-electron chi connectivity index (χ2n) is 7.88. The van der Waals surface area contributed by atoms with Crippen molar-refractivity contribution in [3.63, 3.8) is 0 Å². The van der Waals surface area contributed by atoms with E-state index < -0.39 is 0 Å². The molecule has 8 heteroatoms. The number of nitrogens with one attached hydrogen (secondary N) is 1. The van der Waals surface area contributed by atoms with Crippen molar-refractivity contribution in [2.75, 3.05) is 13.1 Å². The van der Waals surface area contributed by atoms with Crippen LogP contribution in [-0.4, -0.2) is 40.2 Å². The molecule has 0 bridgehead atoms. The number of aryl methyl sites for hydroxylation is 1. The molecule has 2 amide bonds. The number of amides is 2. The molecule has 3 aromatic rings. The summed E-state index contributed by atoms with van der Waals surface area (Å²) in [6, 6.07) is 6.67. The molecule has 1 aliphatic rings. The van der Waals surface area contributed by atoms with Gasteiger partial charge in [0.15, 0.2) is 0 Å². The van der Waals surface area contributed by atoms with Crippen LogP contribution in [0, 0.1) is 12.7 Å². The van der Waals surface area contributed by atoms with E-state index in [1.54, 1.807) is 29.5 Å². The van der Waals surface area contributed by atoms with Gasteiger partial charge in [-0.15, -0.1) is 11.3 Å². The van der Waals surface area contributed by atoms with E-state index in [1.807, 2.05) is 31.1 Å². The zero-order valence-corrected chi connectivity index (χ0v) is 18.1. The quantitative estimate of drug-likeness (QED) is 0.619. The second kappa shape index (κ2) is 8.55. The molecule has 1 aliphatic heterocycles. The molecule has 0 radical (unpaired) electrons. The lowest BCUT2D eigenvalue weighted by Crippen LogP contribution is -2.46. The average molecular weight is 429 g/mol. The van der Waals surface area contributed by atoms with Gasteiger partial charge in [-0.3, -0.25) is 0 Å². The molecule has 2 aromatic heterocycles. The van der Waals surface area contributed by atoms with Gasteiger partial charge in [-0.1, -0.05) is 17.3 Å². The Morgan fingerprint density at radius 1 is 1.30 bits per heavy atom. The number of nitrogens with zero attached hydrogens (tertiary/aromatic N) is 3. The van der Waals surface area contributed by atoms with Crippen LogP contribution >= 0.6 is 11.3 Å². The first-order valence-corrected chi connectivity index (χ1v) is 11.0. The largest absolute Gasteiger partial charge is 0.360 e. The molecule has 30 heavy (non-hydrogen) atoms. The van der Waals surface area contributed by atoms with Crippen LogP contribution in [0.3, 0.4) is 0 Å². The van der Waals surface area contributed by atoms with Gasteiger partial charge in [0.05, 0.1) is 16.3 Å². The number of halogens is 1. The van der Waals surface area contributed by atoms with E-state index in [4.69, 9.17) is 9.51 Å². The molecular weight excluding hydrogens is 403 g/mol. The van der Waals surface area contributed by atoms with Gasteiger partial charge in [-0.2, -0.15) is 0 Å². The summed E-state index contributed by atoms with van der Waals surface area (Å²) in [5, 5.41) is 10.1. The van der Waals surface area contributed by atoms with E-state index >= 15 is 0 Å². The highest BCUT2D eigenvalue weighted by Crippen LogP contribution is 2.38. The summed E-state index contributed by atoms with van der Waals surface area (Å²) in [4.78, 5) is 18.9. The summed E-state index contributed by atoms with van der Waals surface area (Å²) in [5.41, 5.74) is 2.37. The third-order valence-corrected chi connectivity index (χ3v) is 6.32. The van der Waals surface area contributed by atoms with Gasteiger partial charge >= 0.3 is 6.03 Å². The summed E-state index contributed by atoms with van der Waals surface area (Å²) in [6.07, 6.45) is 1.75. The van der Waals surface area contributed by atoms with E-state index in [0.29, 0.717) is 36.0 Å². The minimum Gasteiger partial charge on any atom is -0.360 e. The van der Waals surface area contributed by atoms with Gasteiger partial charge in [-0.25, -0.2) is 14.2 Å². The number of urea groups is 1. The fourth-order valence-corrected chi connectivity index (χ4v) is 4.75. The zero-order valence-electron chi connectivity index (χ0n) is 17.3. The monoisotopic (exact) mass is 428 g/mol. The number of hydrogen-bond donors (Lipinski definition) is 1. The topological polar surface area (TPSA) is 71.3 Å². The van der Waals surface area contributed by atoms with Crippen LogP contribution in [0.2, 0.25) is 0 Å². The Labute approximate surface area is 179 Å². The molecule has 6 nitrogen and oxygen atoms in total. The predicted octanol–water partition coefficient (Wildman–Crippen LogP) is 5.21. The van der Waals surface area contributed by atoms with Crippen molar-refractivity contribution in [3.8, 4) is 22.5 Å². The van der Waals surface area contributed by atoms with Crippen molar-refractivity contribution < 1.29 is 13.7 Å². The van der Waals surface area contributed by atoms with Crippen LogP contribution in [0.1, 0.15) is 43.4 Å². The van der Waals surface area contributed by atoms with E-state index in [0.717, 1.165) is 29.1 Å². The number of piperidine rings is 1. The molecule has 1 N–H and O–H groups in total. The molecule has 1 aromatic carbocycles. The minimum atomic E-state index is -0.338. The summed E-state index contributed by atoms with van der Waals surface area (Å²) < 4.78 is 19.7. The molecule has 4 rings (SSSR count). The lowest BCUT2D eigenvalue weighted by molar-refractivity contribution is 0.179. The van der Waals surface area contributed by atoms with Crippen LogP contribution in [0.5, 0.6) is 0 Å². The highest BCUT2D eigenvalue weighted by molar-refractivity contribution is 7.10. The highest BCUT2D eigenvalue weighted by Gasteiger charge is 2.27. The van der Waals surface area contributed by atoms with E-state index in [9.17, 15) is 9.18 Å². The molecule has 0 unspecified atom stereocenters. The van der Waals surface area contributed by atoms with E-state index in [-0.39, 0.29) is 17.9 Å². The number of carbonyl (C=O) groups excluding carboxylic acids is 1. The summed E-state index contributed by atoms with van der Waals surface area (Å²) in [5.74, 6) is 0.587. The van der Waals surface area contributed by atoms with Crippen LogP contribution in [0.25, 0.3) is 22.5 Å². The number of aromatic nitrogens is 2. The molecule has 0 aliphatic carbocycles. The van der Waals surface area contributed by atoms with Gasteiger partial charge in [0.2, 0.25) is 0 Å².